The first-order chi connectivity index (χ1) is 7.74. The summed E-state index contributed by atoms with van der Waals surface area (Å²) in [6.45, 7) is 7.39. The smallest absolute Gasteiger partial charge is 0.205 e. The fraction of sp³-hybridized carbons (Fsp3) is 0.750. The fourth-order valence-electron chi connectivity index (χ4n) is 2.21. The second-order valence-electron chi connectivity index (χ2n) is 4.50. The minimum absolute atomic E-state index is 0.381. The van der Waals surface area contributed by atoms with E-state index in [4.69, 9.17) is 10.7 Å². The van der Waals surface area contributed by atoms with Crippen molar-refractivity contribution in [3.8, 4) is 0 Å². The molecular formula is C12H22N4. The highest BCUT2D eigenvalue weighted by molar-refractivity contribution is 5.34. The standard InChI is InChI=1S/C12H22N4/c1-3-11-9-15(4-2)12(14-11)16-7-5-10(13)6-8-16/h9-10H,3-8,13H2,1-2H3. The molecule has 2 rings (SSSR count). The lowest BCUT2D eigenvalue weighted by atomic mass is 10.1. The van der Waals surface area contributed by atoms with Crippen molar-refractivity contribution in [2.75, 3.05) is 18.0 Å². The summed E-state index contributed by atoms with van der Waals surface area (Å²) in [6, 6.07) is 0.381. The van der Waals surface area contributed by atoms with Gasteiger partial charge in [0.25, 0.3) is 0 Å². The van der Waals surface area contributed by atoms with Gasteiger partial charge in [-0.05, 0) is 26.2 Å². The first kappa shape index (κ1) is 11.5. The van der Waals surface area contributed by atoms with Crippen LogP contribution < -0.4 is 10.6 Å². The van der Waals surface area contributed by atoms with Gasteiger partial charge >= 0.3 is 0 Å². The number of piperidine rings is 1. The van der Waals surface area contributed by atoms with Gasteiger partial charge < -0.3 is 15.2 Å². The predicted molar refractivity (Wildman–Crippen MR) is 66.7 cm³/mol. The summed E-state index contributed by atoms with van der Waals surface area (Å²) < 4.78 is 2.25. The lowest BCUT2D eigenvalue weighted by molar-refractivity contribution is 0.490. The molecule has 0 aliphatic carbocycles. The third-order valence-corrected chi connectivity index (χ3v) is 3.33. The summed E-state index contributed by atoms with van der Waals surface area (Å²) in [5.74, 6) is 1.13. The number of nitrogens with zero attached hydrogens (tertiary/aromatic N) is 3. The van der Waals surface area contributed by atoms with E-state index in [1.54, 1.807) is 0 Å². The number of anilines is 1. The molecule has 0 bridgehead atoms. The monoisotopic (exact) mass is 222 g/mol. The average Bonchev–Trinajstić information content (AvgIpc) is 2.73. The number of aromatic nitrogens is 2. The SMILES string of the molecule is CCc1cn(CC)c(N2CCC(N)CC2)n1. The zero-order valence-corrected chi connectivity index (χ0v) is 10.3. The second-order valence-corrected chi connectivity index (χ2v) is 4.50. The third-order valence-electron chi connectivity index (χ3n) is 3.33. The molecule has 0 atom stereocenters. The van der Waals surface area contributed by atoms with E-state index in [1.807, 2.05) is 0 Å². The Labute approximate surface area is 97.4 Å². The maximum atomic E-state index is 5.92. The Balaban J connectivity index is 2.15. The van der Waals surface area contributed by atoms with E-state index in [-0.39, 0.29) is 0 Å². The van der Waals surface area contributed by atoms with Crippen molar-refractivity contribution in [1.29, 1.82) is 0 Å². The van der Waals surface area contributed by atoms with Crippen LogP contribution in [0, 0.1) is 0 Å². The molecule has 4 heteroatoms. The summed E-state index contributed by atoms with van der Waals surface area (Å²) in [5.41, 5.74) is 7.11. The van der Waals surface area contributed by atoms with Crippen LogP contribution in [0.25, 0.3) is 0 Å². The number of rotatable bonds is 3. The summed E-state index contributed by atoms with van der Waals surface area (Å²) in [7, 11) is 0. The fourth-order valence-corrected chi connectivity index (χ4v) is 2.21. The molecule has 1 aliphatic rings. The van der Waals surface area contributed by atoms with E-state index in [9.17, 15) is 0 Å². The highest BCUT2D eigenvalue weighted by Gasteiger charge is 2.20. The molecule has 0 radical (unpaired) electrons. The van der Waals surface area contributed by atoms with Crippen LogP contribution in [0.4, 0.5) is 5.95 Å². The summed E-state index contributed by atoms with van der Waals surface area (Å²) in [4.78, 5) is 7.06. The van der Waals surface area contributed by atoms with E-state index in [0.717, 1.165) is 44.8 Å². The van der Waals surface area contributed by atoms with Crippen LogP contribution in [-0.2, 0) is 13.0 Å². The molecule has 1 aromatic rings. The minimum atomic E-state index is 0.381. The zero-order chi connectivity index (χ0) is 11.5. The van der Waals surface area contributed by atoms with Gasteiger partial charge in [0.1, 0.15) is 0 Å². The van der Waals surface area contributed by atoms with Crippen molar-refractivity contribution in [3.63, 3.8) is 0 Å². The van der Waals surface area contributed by atoms with Crippen LogP contribution in [0.15, 0.2) is 6.20 Å². The highest BCUT2D eigenvalue weighted by Crippen LogP contribution is 2.19. The van der Waals surface area contributed by atoms with Crippen LogP contribution in [0.5, 0.6) is 0 Å². The van der Waals surface area contributed by atoms with Crippen LogP contribution in [0.3, 0.4) is 0 Å². The van der Waals surface area contributed by atoms with Gasteiger partial charge in [0.2, 0.25) is 5.95 Å². The normalized spacial score (nSPS) is 18.1. The Kier molecular flexibility index (Phi) is 3.49. The van der Waals surface area contributed by atoms with Crippen LogP contribution in [-0.4, -0.2) is 28.7 Å². The van der Waals surface area contributed by atoms with Crippen molar-refractivity contribution in [3.05, 3.63) is 11.9 Å². The molecule has 2 heterocycles. The highest BCUT2D eigenvalue weighted by atomic mass is 15.3. The summed E-state index contributed by atoms with van der Waals surface area (Å²) in [6.07, 6.45) is 5.34. The molecule has 0 saturated carbocycles. The van der Waals surface area contributed by atoms with E-state index < -0.39 is 0 Å². The van der Waals surface area contributed by atoms with Gasteiger partial charge in [-0.25, -0.2) is 4.98 Å². The van der Waals surface area contributed by atoms with Gasteiger partial charge in [-0.1, -0.05) is 6.92 Å². The lowest BCUT2D eigenvalue weighted by Crippen LogP contribution is -2.40. The van der Waals surface area contributed by atoms with Gasteiger partial charge in [0.05, 0.1) is 5.69 Å². The molecular weight excluding hydrogens is 200 g/mol. The molecule has 0 amide bonds. The largest absolute Gasteiger partial charge is 0.342 e. The Morgan fingerprint density at radius 2 is 2.06 bits per heavy atom. The van der Waals surface area contributed by atoms with Crippen LogP contribution >= 0.6 is 0 Å². The number of nitrogens with two attached hydrogens (primary N) is 1. The van der Waals surface area contributed by atoms with Crippen molar-refractivity contribution in [2.45, 2.75) is 45.7 Å². The van der Waals surface area contributed by atoms with Crippen molar-refractivity contribution in [2.24, 2.45) is 5.73 Å². The topological polar surface area (TPSA) is 47.1 Å². The van der Waals surface area contributed by atoms with E-state index in [1.165, 1.54) is 5.69 Å². The molecule has 0 unspecified atom stereocenters. The summed E-state index contributed by atoms with van der Waals surface area (Å²) >= 11 is 0. The van der Waals surface area contributed by atoms with Gasteiger partial charge in [0, 0.05) is 31.9 Å². The summed E-state index contributed by atoms with van der Waals surface area (Å²) in [5, 5.41) is 0. The Hall–Kier alpha value is -1.03. The number of imidazole rings is 1. The Bertz CT molecular complexity index is 337. The lowest BCUT2D eigenvalue weighted by Gasteiger charge is -2.31. The molecule has 4 nitrogen and oxygen atoms in total. The quantitative estimate of drug-likeness (QED) is 0.840. The number of hydrogen-bond donors (Lipinski definition) is 1. The minimum Gasteiger partial charge on any atom is -0.342 e. The molecule has 1 aromatic heterocycles. The Morgan fingerprint density at radius 3 is 2.62 bits per heavy atom. The van der Waals surface area contributed by atoms with Gasteiger partial charge in [-0.15, -0.1) is 0 Å². The third kappa shape index (κ3) is 2.21. The number of aryl methyl sites for hydroxylation is 2. The first-order valence-corrected chi connectivity index (χ1v) is 6.31. The maximum absolute atomic E-state index is 5.92. The van der Waals surface area contributed by atoms with E-state index >= 15 is 0 Å². The maximum Gasteiger partial charge on any atom is 0.205 e. The molecule has 0 spiro atoms. The molecule has 2 N–H and O–H groups in total. The van der Waals surface area contributed by atoms with Gasteiger partial charge in [-0.2, -0.15) is 0 Å². The van der Waals surface area contributed by atoms with Crippen LogP contribution in [0.2, 0.25) is 0 Å². The molecule has 1 fully saturated rings. The van der Waals surface area contributed by atoms with E-state index in [2.05, 4.69) is 29.5 Å². The zero-order valence-electron chi connectivity index (χ0n) is 10.3. The van der Waals surface area contributed by atoms with Crippen molar-refractivity contribution >= 4 is 5.95 Å². The molecule has 1 saturated heterocycles. The van der Waals surface area contributed by atoms with Crippen molar-refractivity contribution < 1.29 is 0 Å². The predicted octanol–water partition coefficient (Wildman–Crippen LogP) is 1.39. The van der Waals surface area contributed by atoms with Crippen LogP contribution in [0.1, 0.15) is 32.4 Å². The van der Waals surface area contributed by atoms with Crippen molar-refractivity contribution in [1.82, 2.24) is 9.55 Å². The second kappa shape index (κ2) is 4.87. The molecule has 90 valence electrons. The Morgan fingerprint density at radius 1 is 1.38 bits per heavy atom. The average molecular weight is 222 g/mol. The molecule has 16 heavy (non-hydrogen) atoms. The molecule has 1 aliphatic heterocycles. The molecule has 0 aromatic carbocycles. The van der Waals surface area contributed by atoms with Gasteiger partial charge in [0.15, 0.2) is 0 Å². The first-order valence-electron chi connectivity index (χ1n) is 6.31. The number of hydrogen-bond acceptors (Lipinski definition) is 3. The van der Waals surface area contributed by atoms with Gasteiger partial charge in [-0.3, -0.25) is 0 Å². The van der Waals surface area contributed by atoms with E-state index in [0.29, 0.717) is 6.04 Å².